The molecule has 1 aromatic rings. The first-order valence-electron chi connectivity index (χ1n) is 10.0. The highest BCUT2D eigenvalue weighted by Crippen LogP contribution is 2.19. The predicted octanol–water partition coefficient (Wildman–Crippen LogP) is 3.47. The molecular formula is C21H36N4. The molecule has 1 saturated heterocycles. The van der Waals surface area contributed by atoms with Crippen LogP contribution in [0.5, 0.6) is 0 Å². The number of nitrogens with zero attached hydrogens (tertiary/aromatic N) is 2. The lowest BCUT2D eigenvalue weighted by molar-refractivity contribution is 0.187. The number of piperidine rings is 1. The average molecular weight is 345 g/mol. The Hall–Kier alpha value is -1.55. The smallest absolute Gasteiger partial charge is 0.191 e. The van der Waals surface area contributed by atoms with E-state index in [2.05, 4.69) is 66.6 Å². The summed E-state index contributed by atoms with van der Waals surface area (Å²) >= 11 is 0. The molecule has 0 spiro atoms. The van der Waals surface area contributed by atoms with E-state index in [1.54, 1.807) is 0 Å². The van der Waals surface area contributed by atoms with E-state index in [9.17, 15) is 0 Å². The van der Waals surface area contributed by atoms with Crippen molar-refractivity contribution < 1.29 is 0 Å². The van der Waals surface area contributed by atoms with Crippen LogP contribution in [-0.4, -0.2) is 50.1 Å². The van der Waals surface area contributed by atoms with Crippen LogP contribution >= 0.6 is 0 Å². The van der Waals surface area contributed by atoms with Gasteiger partial charge in [0.05, 0.1) is 0 Å². The predicted molar refractivity (Wildman–Crippen MR) is 108 cm³/mol. The van der Waals surface area contributed by atoms with Gasteiger partial charge in [-0.1, -0.05) is 44.2 Å². The first kappa shape index (κ1) is 19.8. The first-order chi connectivity index (χ1) is 12.2. The molecule has 2 rings (SSSR count). The second-order valence-corrected chi connectivity index (χ2v) is 7.12. The Balaban J connectivity index is 1.74. The molecule has 1 atom stereocenters. The molecule has 0 radical (unpaired) electrons. The van der Waals surface area contributed by atoms with Gasteiger partial charge < -0.3 is 15.5 Å². The third-order valence-corrected chi connectivity index (χ3v) is 5.24. The van der Waals surface area contributed by atoms with Crippen molar-refractivity contribution in [2.75, 3.05) is 39.3 Å². The van der Waals surface area contributed by atoms with Gasteiger partial charge in [0.15, 0.2) is 5.96 Å². The number of likely N-dealkylation sites (tertiary alicyclic amines) is 1. The van der Waals surface area contributed by atoms with Gasteiger partial charge in [-0.05, 0) is 57.3 Å². The molecule has 140 valence electrons. The molecule has 2 N–H and O–H groups in total. The minimum Gasteiger partial charge on any atom is -0.357 e. The van der Waals surface area contributed by atoms with Gasteiger partial charge in [-0.2, -0.15) is 0 Å². The number of hydrogen-bond acceptors (Lipinski definition) is 2. The largest absolute Gasteiger partial charge is 0.357 e. The van der Waals surface area contributed by atoms with Crippen molar-refractivity contribution in [1.29, 1.82) is 0 Å². The second kappa shape index (κ2) is 11.1. The molecule has 0 bridgehead atoms. The lowest BCUT2D eigenvalue weighted by atomic mass is 9.93. The van der Waals surface area contributed by atoms with Crippen LogP contribution in [0.4, 0.5) is 0 Å². The van der Waals surface area contributed by atoms with Crippen molar-refractivity contribution in [3.05, 3.63) is 35.9 Å². The SMILES string of the molecule is CCNC(=NCC(C)c1ccccc1)NCCC1CCN(CC)CC1. The second-order valence-electron chi connectivity index (χ2n) is 7.12. The topological polar surface area (TPSA) is 39.7 Å². The van der Waals surface area contributed by atoms with Crippen LogP contribution < -0.4 is 10.6 Å². The highest BCUT2D eigenvalue weighted by atomic mass is 15.2. The van der Waals surface area contributed by atoms with Gasteiger partial charge in [-0.25, -0.2) is 0 Å². The first-order valence-corrected chi connectivity index (χ1v) is 10.0. The fourth-order valence-corrected chi connectivity index (χ4v) is 3.44. The molecule has 0 aromatic heterocycles. The van der Waals surface area contributed by atoms with E-state index in [0.29, 0.717) is 5.92 Å². The minimum atomic E-state index is 0.440. The van der Waals surface area contributed by atoms with Crippen molar-refractivity contribution >= 4 is 5.96 Å². The molecule has 1 fully saturated rings. The van der Waals surface area contributed by atoms with E-state index in [4.69, 9.17) is 4.99 Å². The van der Waals surface area contributed by atoms with Crippen LogP contribution in [0.2, 0.25) is 0 Å². The highest BCUT2D eigenvalue weighted by Gasteiger charge is 2.17. The van der Waals surface area contributed by atoms with E-state index >= 15 is 0 Å². The van der Waals surface area contributed by atoms with Crippen LogP contribution in [0, 0.1) is 5.92 Å². The van der Waals surface area contributed by atoms with Crippen molar-refractivity contribution in [2.45, 2.75) is 46.0 Å². The zero-order valence-corrected chi connectivity index (χ0v) is 16.3. The number of nitrogens with one attached hydrogen (secondary N) is 2. The molecule has 0 saturated carbocycles. The fraction of sp³-hybridized carbons (Fsp3) is 0.667. The standard InChI is InChI=1S/C21H36N4/c1-4-22-21(24-17-18(3)20-9-7-6-8-10-20)23-14-11-19-12-15-25(5-2)16-13-19/h6-10,18-19H,4-5,11-17H2,1-3H3,(H2,22,23,24). The monoisotopic (exact) mass is 344 g/mol. The Labute approximate surface area is 154 Å². The van der Waals surface area contributed by atoms with Gasteiger partial charge in [-0.3, -0.25) is 4.99 Å². The van der Waals surface area contributed by atoms with Crippen molar-refractivity contribution in [1.82, 2.24) is 15.5 Å². The summed E-state index contributed by atoms with van der Waals surface area (Å²) in [6.45, 7) is 13.1. The van der Waals surface area contributed by atoms with Crippen LogP contribution in [0.25, 0.3) is 0 Å². The van der Waals surface area contributed by atoms with Crippen molar-refractivity contribution in [2.24, 2.45) is 10.9 Å². The molecule has 1 heterocycles. The summed E-state index contributed by atoms with van der Waals surface area (Å²) in [7, 11) is 0. The fourth-order valence-electron chi connectivity index (χ4n) is 3.44. The van der Waals surface area contributed by atoms with Crippen LogP contribution in [0.1, 0.15) is 51.5 Å². The zero-order chi connectivity index (χ0) is 17.9. The molecule has 4 heteroatoms. The summed E-state index contributed by atoms with van der Waals surface area (Å²) in [5.41, 5.74) is 1.35. The van der Waals surface area contributed by atoms with E-state index < -0.39 is 0 Å². The van der Waals surface area contributed by atoms with E-state index in [0.717, 1.165) is 31.5 Å². The zero-order valence-electron chi connectivity index (χ0n) is 16.3. The van der Waals surface area contributed by atoms with Crippen LogP contribution in [-0.2, 0) is 0 Å². The molecular weight excluding hydrogens is 308 g/mol. The molecule has 0 aliphatic carbocycles. The molecule has 1 aromatic carbocycles. The summed E-state index contributed by atoms with van der Waals surface area (Å²) in [6, 6.07) is 10.6. The minimum absolute atomic E-state index is 0.440. The summed E-state index contributed by atoms with van der Waals surface area (Å²) in [5, 5.41) is 6.90. The van der Waals surface area contributed by atoms with Crippen molar-refractivity contribution in [3.8, 4) is 0 Å². The summed E-state index contributed by atoms with van der Waals surface area (Å²) in [4.78, 5) is 7.34. The van der Waals surface area contributed by atoms with Crippen LogP contribution in [0.15, 0.2) is 35.3 Å². The molecule has 1 unspecified atom stereocenters. The quantitative estimate of drug-likeness (QED) is 0.560. The lowest BCUT2D eigenvalue weighted by Crippen LogP contribution is -2.39. The highest BCUT2D eigenvalue weighted by molar-refractivity contribution is 5.79. The molecule has 0 amide bonds. The maximum Gasteiger partial charge on any atom is 0.191 e. The number of guanidine groups is 1. The van der Waals surface area contributed by atoms with Gasteiger partial charge in [0, 0.05) is 25.6 Å². The van der Waals surface area contributed by atoms with E-state index in [-0.39, 0.29) is 0 Å². The third kappa shape index (κ3) is 7.07. The van der Waals surface area contributed by atoms with Gasteiger partial charge in [0.25, 0.3) is 0 Å². The number of aliphatic imine (C=N–C) groups is 1. The third-order valence-electron chi connectivity index (χ3n) is 5.24. The molecule has 25 heavy (non-hydrogen) atoms. The Morgan fingerprint density at radius 1 is 1.16 bits per heavy atom. The van der Waals surface area contributed by atoms with Crippen LogP contribution in [0.3, 0.4) is 0 Å². The van der Waals surface area contributed by atoms with Gasteiger partial charge >= 0.3 is 0 Å². The van der Waals surface area contributed by atoms with Gasteiger partial charge in [-0.15, -0.1) is 0 Å². The average Bonchev–Trinajstić information content (AvgIpc) is 2.67. The molecule has 1 aliphatic heterocycles. The number of hydrogen-bond donors (Lipinski definition) is 2. The maximum atomic E-state index is 4.78. The van der Waals surface area contributed by atoms with E-state index in [1.165, 1.54) is 44.5 Å². The molecule has 1 aliphatic rings. The summed E-state index contributed by atoms with van der Waals surface area (Å²) in [6.07, 6.45) is 3.93. The normalized spacial score (nSPS) is 18.1. The van der Waals surface area contributed by atoms with Gasteiger partial charge in [0.2, 0.25) is 0 Å². The Bertz CT molecular complexity index is 492. The number of rotatable bonds is 8. The Morgan fingerprint density at radius 2 is 1.88 bits per heavy atom. The molecule has 4 nitrogen and oxygen atoms in total. The summed E-state index contributed by atoms with van der Waals surface area (Å²) < 4.78 is 0. The van der Waals surface area contributed by atoms with Crippen molar-refractivity contribution in [3.63, 3.8) is 0 Å². The van der Waals surface area contributed by atoms with E-state index in [1.807, 2.05) is 0 Å². The Morgan fingerprint density at radius 3 is 2.52 bits per heavy atom. The van der Waals surface area contributed by atoms with Gasteiger partial charge in [0.1, 0.15) is 0 Å². The maximum absolute atomic E-state index is 4.78. The number of benzene rings is 1. The lowest BCUT2D eigenvalue weighted by Gasteiger charge is -2.31. The summed E-state index contributed by atoms with van der Waals surface area (Å²) in [5.74, 6) is 2.26. The Kier molecular flexibility index (Phi) is 8.81.